The van der Waals surface area contributed by atoms with E-state index in [1.54, 1.807) is 0 Å². The number of aliphatic hydroxyl groups is 2. The summed E-state index contributed by atoms with van der Waals surface area (Å²) in [5.41, 5.74) is 0. The summed E-state index contributed by atoms with van der Waals surface area (Å²) in [5, 5.41) is 23.3. The average molecular weight is 987 g/mol. The molecule has 6 heteroatoms. The predicted molar refractivity (Wildman–Crippen MR) is 306 cm³/mol. The number of rotatable bonds is 59. The monoisotopic (exact) mass is 986 g/mol. The molecule has 0 bridgehead atoms. The number of esters is 1. The van der Waals surface area contributed by atoms with Gasteiger partial charge in [0.25, 0.3) is 0 Å². The fourth-order valence-corrected chi connectivity index (χ4v) is 9.93. The Labute approximate surface area is 437 Å². The van der Waals surface area contributed by atoms with Gasteiger partial charge in [0.05, 0.1) is 25.4 Å². The van der Waals surface area contributed by atoms with Crippen molar-refractivity contribution in [2.75, 3.05) is 13.2 Å². The van der Waals surface area contributed by atoms with E-state index in [1.165, 1.54) is 257 Å². The van der Waals surface area contributed by atoms with E-state index in [-0.39, 0.29) is 18.5 Å². The predicted octanol–water partition coefficient (Wildman–Crippen LogP) is 19.8. The van der Waals surface area contributed by atoms with Gasteiger partial charge in [0.15, 0.2) is 0 Å². The van der Waals surface area contributed by atoms with Crippen molar-refractivity contribution in [3.05, 3.63) is 24.3 Å². The highest BCUT2D eigenvalue weighted by atomic mass is 16.5. The molecular formula is C64H123NO5. The Hall–Kier alpha value is -1.66. The normalized spacial score (nSPS) is 12.7. The largest absolute Gasteiger partial charge is 0.466 e. The number of carbonyl (C=O) groups is 2. The first-order valence-corrected chi connectivity index (χ1v) is 31.6. The van der Waals surface area contributed by atoms with Gasteiger partial charge in [0.2, 0.25) is 5.91 Å². The van der Waals surface area contributed by atoms with E-state index in [4.69, 9.17) is 4.74 Å². The Bertz CT molecular complexity index is 1090. The van der Waals surface area contributed by atoms with Gasteiger partial charge in [-0.15, -0.1) is 0 Å². The lowest BCUT2D eigenvalue weighted by Crippen LogP contribution is -2.45. The standard InChI is InChI=1S/C64H123NO5/c1-3-5-7-9-11-13-15-17-19-20-21-22-23-24-25-26-27-28-30-32-36-40-44-48-52-56-62(67)61(60-66)65-63(68)57-53-49-45-41-37-33-31-35-39-43-47-51-55-59-70-64(69)58-54-50-46-42-38-34-29-18-16-14-12-10-8-6-4-2/h33,37,45,49,61-62,66-67H,3-32,34-36,38-44,46-48,50-60H2,1-2H3,(H,65,68)/b37-33-,49-45-. The van der Waals surface area contributed by atoms with Crippen LogP contribution in [-0.4, -0.2) is 47.4 Å². The molecule has 1 amide bonds. The first-order valence-electron chi connectivity index (χ1n) is 31.6. The Morgan fingerprint density at radius 1 is 0.400 bits per heavy atom. The van der Waals surface area contributed by atoms with Crippen LogP contribution in [0.4, 0.5) is 0 Å². The second-order valence-electron chi connectivity index (χ2n) is 21.7. The van der Waals surface area contributed by atoms with Crippen LogP contribution >= 0.6 is 0 Å². The highest BCUT2D eigenvalue weighted by molar-refractivity contribution is 5.76. The maximum atomic E-state index is 12.5. The van der Waals surface area contributed by atoms with Crippen molar-refractivity contribution in [1.29, 1.82) is 0 Å². The topological polar surface area (TPSA) is 95.9 Å². The third kappa shape index (κ3) is 55.7. The van der Waals surface area contributed by atoms with E-state index in [2.05, 4.69) is 43.5 Å². The molecule has 414 valence electrons. The first kappa shape index (κ1) is 68.3. The molecule has 6 nitrogen and oxygen atoms in total. The molecule has 0 spiro atoms. The number of allylic oxidation sites excluding steroid dienone is 4. The summed E-state index contributed by atoms with van der Waals surface area (Å²) in [6.45, 7) is 4.92. The van der Waals surface area contributed by atoms with Crippen molar-refractivity contribution < 1.29 is 24.5 Å². The second-order valence-corrected chi connectivity index (χ2v) is 21.7. The lowest BCUT2D eigenvalue weighted by Gasteiger charge is -2.22. The molecule has 0 saturated carbocycles. The molecule has 70 heavy (non-hydrogen) atoms. The highest BCUT2D eigenvalue weighted by Crippen LogP contribution is 2.18. The van der Waals surface area contributed by atoms with Crippen molar-refractivity contribution in [1.82, 2.24) is 5.32 Å². The molecule has 0 aliphatic carbocycles. The smallest absolute Gasteiger partial charge is 0.305 e. The average Bonchev–Trinajstić information content (AvgIpc) is 3.36. The van der Waals surface area contributed by atoms with Gasteiger partial charge in [-0.25, -0.2) is 0 Å². The zero-order chi connectivity index (χ0) is 50.7. The van der Waals surface area contributed by atoms with Gasteiger partial charge in [-0.1, -0.05) is 314 Å². The summed E-state index contributed by atoms with van der Waals surface area (Å²) in [6.07, 6.45) is 73.5. The van der Waals surface area contributed by atoms with Gasteiger partial charge in [-0.2, -0.15) is 0 Å². The van der Waals surface area contributed by atoms with Crippen LogP contribution in [0, 0.1) is 0 Å². The summed E-state index contributed by atoms with van der Waals surface area (Å²) in [6, 6.07) is -0.586. The minimum absolute atomic E-state index is 0.0131. The molecule has 0 aliphatic rings. The van der Waals surface area contributed by atoms with Gasteiger partial charge in [-0.05, 0) is 44.9 Å². The SMILES string of the molecule is CCCCCCCCCCCCCCCCCCCCCCCCCCCC(O)C(CO)NC(=O)CC/C=C\C/C=C\CCCCCCCCOC(=O)CCCCCCCCCCCCCCCCC. The van der Waals surface area contributed by atoms with Crippen LogP contribution in [0.2, 0.25) is 0 Å². The van der Waals surface area contributed by atoms with E-state index < -0.39 is 12.1 Å². The Morgan fingerprint density at radius 2 is 0.729 bits per heavy atom. The van der Waals surface area contributed by atoms with Gasteiger partial charge < -0.3 is 20.3 Å². The molecule has 0 aromatic heterocycles. The number of nitrogens with one attached hydrogen (secondary N) is 1. The van der Waals surface area contributed by atoms with Gasteiger partial charge in [0.1, 0.15) is 0 Å². The van der Waals surface area contributed by atoms with Crippen LogP contribution in [0.15, 0.2) is 24.3 Å². The van der Waals surface area contributed by atoms with E-state index in [0.717, 1.165) is 51.4 Å². The number of amides is 1. The number of hydrogen-bond donors (Lipinski definition) is 3. The number of ether oxygens (including phenoxy) is 1. The molecule has 3 N–H and O–H groups in total. The number of aliphatic hydroxyl groups excluding tert-OH is 2. The summed E-state index contributed by atoms with van der Waals surface area (Å²) in [4.78, 5) is 24.5. The summed E-state index contributed by atoms with van der Waals surface area (Å²) < 4.78 is 5.47. The Morgan fingerprint density at radius 3 is 1.11 bits per heavy atom. The minimum atomic E-state index is -0.700. The van der Waals surface area contributed by atoms with Crippen LogP contribution in [-0.2, 0) is 14.3 Å². The lowest BCUT2D eigenvalue weighted by atomic mass is 10.0. The van der Waals surface area contributed by atoms with Crippen molar-refractivity contribution in [3.8, 4) is 0 Å². The number of carbonyl (C=O) groups excluding carboxylic acids is 2. The van der Waals surface area contributed by atoms with Gasteiger partial charge >= 0.3 is 5.97 Å². The Kier molecular flexibility index (Phi) is 58.5. The highest BCUT2D eigenvalue weighted by Gasteiger charge is 2.20. The zero-order valence-corrected chi connectivity index (χ0v) is 47.3. The molecule has 2 atom stereocenters. The maximum Gasteiger partial charge on any atom is 0.305 e. The van der Waals surface area contributed by atoms with Crippen LogP contribution in [0.1, 0.15) is 348 Å². The number of unbranched alkanes of at least 4 members (excludes halogenated alkanes) is 44. The van der Waals surface area contributed by atoms with Crippen molar-refractivity contribution >= 4 is 11.9 Å². The molecule has 0 aromatic rings. The van der Waals surface area contributed by atoms with Crippen LogP contribution in [0.3, 0.4) is 0 Å². The summed E-state index contributed by atoms with van der Waals surface area (Å²) in [7, 11) is 0. The van der Waals surface area contributed by atoms with Crippen LogP contribution in [0.25, 0.3) is 0 Å². The molecule has 0 radical (unpaired) electrons. The van der Waals surface area contributed by atoms with E-state index in [1.807, 2.05) is 0 Å². The van der Waals surface area contributed by atoms with Crippen molar-refractivity contribution in [2.24, 2.45) is 0 Å². The molecule has 0 fully saturated rings. The first-order chi connectivity index (χ1) is 34.5. The van der Waals surface area contributed by atoms with Crippen LogP contribution < -0.4 is 5.32 Å². The fraction of sp³-hybridized carbons (Fsp3) is 0.906. The Balaban J connectivity index is 3.50. The van der Waals surface area contributed by atoms with Gasteiger partial charge in [0, 0.05) is 12.8 Å². The fourth-order valence-electron chi connectivity index (χ4n) is 9.93. The quantitative estimate of drug-likeness (QED) is 0.0321. The third-order valence-corrected chi connectivity index (χ3v) is 14.8. The van der Waals surface area contributed by atoms with Gasteiger partial charge in [-0.3, -0.25) is 9.59 Å². The second kappa shape index (κ2) is 59.9. The molecule has 0 rings (SSSR count). The summed E-state index contributed by atoms with van der Waals surface area (Å²) in [5.74, 6) is -0.124. The molecule has 2 unspecified atom stereocenters. The van der Waals surface area contributed by atoms with Crippen molar-refractivity contribution in [2.45, 2.75) is 360 Å². The van der Waals surface area contributed by atoms with Crippen LogP contribution in [0.5, 0.6) is 0 Å². The molecule has 0 aromatic carbocycles. The van der Waals surface area contributed by atoms with E-state index in [0.29, 0.717) is 32.3 Å². The molecular weight excluding hydrogens is 863 g/mol. The molecule has 0 saturated heterocycles. The minimum Gasteiger partial charge on any atom is -0.466 e. The summed E-state index contributed by atoms with van der Waals surface area (Å²) >= 11 is 0. The van der Waals surface area contributed by atoms with E-state index in [9.17, 15) is 19.8 Å². The molecule has 0 aliphatic heterocycles. The number of hydrogen-bond acceptors (Lipinski definition) is 5. The third-order valence-electron chi connectivity index (χ3n) is 14.8. The van der Waals surface area contributed by atoms with E-state index >= 15 is 0 Å². The molecule has 0 heterocycles. The van der Waals surface area contributed by atoms with Crippen molar-refractivity contribution in [3.63, 3.8) is 0 Å². The zero-order valence-electron chi connectivity index (χ0n) is 47.3. The lowest BCUT2D eigenvalue weighted by molar-refractivity contribution is -0.143. The maximum absolute atomic E-state index is 12.5.